The van der Waals surface area contributed by atoms with Crippen LogP contribution < -0.4 is 5.32 Å². The van der Waals surface area contributed by atoms with Gasteiger partial charge in [-0.1, -0.05) is 0 Å². The Morgan fingerprint density at radius 2 is 2.20 bits per heavy atom. The zero-order chi connectivity index (χ0) is 14.8. The lowest BCUT2D eigenvalue weighted by Crippen LogP contribution is -2.20. The number of sulfone groups is 1. The van der Waals surface area contributed by atoms with Crippen molar-refractivity contribution in [2.24, 2.45) is 5.92 Å². The van der Waals surface area contributed by atoms with E-state index in [1.54, 1.807) is 12.3 Å². The molecular weight excluding hydrogens is 280 g/mol. The van der Waals surface area contributed by atoms with Gasteiger partial charge in [0.25, 0.3) is 0 Å². The van der Waals surface area contributed by atoms with E-state index in [1.165, 1.54) is 13.2 Å². The maximum absolute atomic E-state index is 11.7. The van der Waals surface area contributed by atoms with E-state index in [2.05, 4.69) is 10.3 Å². The zero-order valence-electron chi connectivity index (χ0n) is 11.5. The van der Waals surface area contributed by atoms with Crippen LogP contribution in [-0.2, 0) is 19.4 Å². The minimum atomic E-state index is -3.33. The summed E-state index contributed by atoms with van der Waals surface area (Å²) >= 11 is 0. The number of ether oxygens (including phenoxy) is 1. The van der Waals surface area contributed by atoms with Gasteiger partial charge in [0.05, 0.1) is 13.0 Å². The van der Waals surface area contributed by atoms with Gasteiger partial charge < -0.3 is 10.1 Å². The quantitative estimate of drug-likeness (QED) is 0.842. The SMILES string of the molecule is COC(=O)[C@H]1CC[C@@H](Nc2ncccc2S(C)(=O)=O)C1. The van der Waals surface area contributed by atoms with E-state index in [-0.39, 0.29) is 22.8 Å². The third-order valence-corrected chi connectivity index (χ3v) is 4.61. The fraction of sp³-hybridized carbons (Fsp3) is 0.538. The number of hydrogen-bond acceptors (Lipinski definition) is 6. The van der Waals surface area contributed by atoms with Gasteiger partial charge in [-0.3, -0.25) is 4.79 Å². The van der Waals surface area contributed by atoms with E-state index in [1.807, 2.05) is 0 Å². The van der Waals surface area contributed by atoms with E-state index in [9.17, 15) is 13.2 Å². The molecule has 1 heterocycles. The average Bonchev–Trinajstić information content (AvgIpc) is 2.86. The number of carbonyl (C=O) groups excluding carboxylic acids is 1. The number of nitrogens with zero attached hydrogens (tertiary/aromatic N) is 1. The summed E-state index contributed by atoms with van der Waals surface area (Å²) in [6.07, 6.45) is 4.86. The predicted molar refractivity (Wildman–Crippen MR) is 74.1 cm³/mol. The highest BCUT2D eigenvalue weighted by Crippen LogP contribution is 2.30. The summed E-state index contributed by atoms with van der Waals surface area (Å²) in [4.78, 5) is 15.8. The molecule has 20 heavy (non-hydrogen) atoms. The van der Waals surface area contributed by atoms with Crippen LogP contribution in [0.2, 0.25) is 0 Å². The number of pyridine rings is 1. The summed E-state index contributed by atoms with van der Waals surface area (Å²) < 4.78 is 28.1. The van der Waals surface area contributed by atoms with Crippen LogP contribution in [0.1, 0.15) is 19.3 Å². The van der Waals surface area contributed by atoms with Crippen LogP contribution in [0.15, 0.2) is 23.2 Å². The molecule has 0 amide bonds. The van der Waals surface area contributed by atoms with Crippen LogP contribution in [0.5, 0.6) is 0 Å². The molecule has 0 bridgehead atoms. The zero-order valence-corrected chi connectivity index (χ0v) is 12.3. The molecule has 1 N–H and O–H groups in total. The number of esters is 1. The maximum atomic E-state index is 11.7. The van der Waals surface area contributed by atoms with E-state index in [0.29, 0.717) is 12.2 Å². The van der Waals surface area contributed by atoms with Crippen LogP contribution >= 0.6 is 0 Å². The molecule has 0 aromatic carbocycles. The van der Waals surface area contributed by atoms with Crippen LogP contribution in [0.25, 0.3) is 0 Å². The molecule has 0 radical (unpaired) electrons. The molecule has 1 aromatic rings. The van der Waals surface area contributed by atoms with Crippen molar-refractivity contribution in [2.45, 2.75) is 30.2 Å². The number of anilines is 1. The van der Waals surface area contributed by atoms with Gasteiger partial charge in [-0.05, 0) is 31.4 Å². The molecule has 1 aliphatic carbocycles. The van der Waals surface area contributed by atoms with Crippen LogP contribution in [0, 0.1) is 5.92 Å². The van der Waals surface area contributed by atoms with Crippen molar-refractivity contribution in [1.29, 1.82) is 0 Å². The first-order chi connectivity index (χ1) is 9.41. The minimum absolute atomic E-state index is 0.0366. The molecule has 0 spiro atoms. The number of aromatic nitrogens is 1. The summed E-state index contributed by atoms with van der Waals surface area (Å²) in [6.45, 7) is 0. The molecule has 0 saturated heterocycles. The Morgan fingerprint density at radius 1 is 1.45 bits per heavy atom. The van der Waals surface area contributed by atoms with Gasteiger partial charge in [0.1, 0.15) is 10.7 Å². The van der Waals surface area contributed by atoms with Crippen molar-refractivity contribution < 1.29 is 17.9 Å². The van der Waals surface area contributed by atoms with Gasteiger partial charge in [-0.2, -0.15) is 0 Å². The number of carbonyl (C=O) groups is 1. The highest BCUT2D eigenvalue weighted by Gasteiger charge is 2.31. The van der Waals surface area contributed by atoms with Crippen LogP contribution in [-0.4, -0.2) is 38.8 Å². The summed E-state index contributed by atoms with van der Waals surface area (Å²) in [7, 11) is -1.95. The van der Waals surface area contributed by atoms with Crippen molar-refractivity contribution in [3.05, 3.63) is 18.3 Å². The van der Waals surface area contributed by atoms with Gasteiger partial charge in [-0.15, -0.1) is 0 Å². The summed E-state index contributed by atoms with van der Waals surface area (Å²) in [5.74, 6) is 0.0204. The van der Waals surface area contributed by atoms with Gasteiger partial charge >= 0.3 is 5.97 Å². The molecule has 1 aromatic heterocycles. The average molecular weight is 298 g/mol. The Hall–Kier alpha value is -1.63. The molecule has 1 aliphatic rings. The van der Waals surface area contributed by atoms with Gasteiger partial charge in [0.2, 0.25) is 0 Å². The minimum Gasteiger partial charge on any atom is -0.469 e. The summed E-state index contributed by atoms with van der Waals surface area (Å²) in [6, 6.07) is 3.15. The first-order valence-electron chi connectivity index (χ1n) is 6.41. The fourth-order valence-corrected chi connectivity index (χ4v) is 3.27. The molecule has 1 fully saturated rings. The molecule has 2 atom stereocenters. The number of nitrogens with one attached hydrogen (secondary N) is 1. The second kappa shape index (κ2) is 5.78. The monoisotopic (exact) mass is 298 g/mol. The first kappa shape index (κ1) is 14.8. The van der Waals surface area contributed by atoms with E-state index >= 15 is 0 Å². The normalized spacial score (nSPS) is 22.5. The van der Waals surface area contributed by atoms with Crippen molar-refractivity contribution in [3.8, 4) is 0 Å². The van der Waals surface area contributed by atoms with Gasteiger partial charge in [0.15, 0.2) is 9.84 Å². The van der Waals surface area contributed by atoms with Gasteiger partial charge in [-0.25, -0.2) is 13.4 Å². The molecule has 110 valence electrons. The molecule has 7 heteroatoms. The lowest BCUT2D eigenvalue weighted by molar-refractivity contribution is -0.145. The van der Waals surface area contributed by atoms with Crippen molar-refractivity contribution in [1.82, 2.24) is 4.98 Å². The fourth-order valence-electron chi connectivity index (χ4n) is 2.48. The second-order valence-corrected chi connectivity index (χ2v) is 6.98. The number of hydrogen-bond donors (Lipinski definition) is 1. The van der Waals surface area contributed by atoms with Gasteiger partial charge in [0, 0.05) is 18.5 Å². The smallest absolute Gasteiger partial charge is 0.308 e. The Kier molecular flexibility index (Phi) is 4.27. The molecule has 0 aliphatic heterocycles. The highest BCUT2D eigenvalue weighted by atomic mass is 32.2. The Bertz CT molecular complexity index is 600. The highest BCUT2D eigenvalue weighted by molar-refractivity contribution is 7.90. The third kappa shape index (κ3) is 3.27. The maximum Gasteiger partial charge on any atom is 0.308 e. The molecule has 0 unspecified atom stereocenters. The molecular formula is C13H18N2O4S. The van der Waals surface area contributed by atoms with E-state index in [4.69, 9.17) is 4.74 Å². The predicted octanol–water partition coefficient (Wildman–Crippen LogP) is 1.24. The van der Waals surface area contributed by atoms with Crippen molar-refractivity contribution in [2.75, 3.05) is 18.7 Å². The van der Waals surface area contributed by atoms with E-state index < -0.39 is 9.84 Å². The molecule has 1 saturated carbocycles. The molecule has 6 nitrogen and oxygen atoms in total. The van der Waals surface area contributed by atoms with Crippen LogP contribution in [0.3, 0.4) is 0 Å². The summed E-state index contributed by atoms with van der Waals surface area (Å²) in [5.41, 5.74) is 0. The standard InChI is InChI=1S/C13H18N2O4S/c1-19-13(16)9-5-6-10(8-9)15-12-11(20(2,17)18)4-3-7-14-12/h3-4,7,9-10H,5-6,8H2,1-2H3,(H,14,15)/t9-,10+/m0/s1. The lowest BCUT2D eigenvalue weighted by atomic mass is 10.1. The Labute approximate surface area is 118 Å². The first-order valence-corrected chi connectivity index (χ1v) is 8.30. The Balaban J connectivity index is 2.11. The van der Waals surface area contributed by atoms with Crippen LogP contribution in [0.4, 0.5) is 5.82 Å². The lowest BCUT2D eigenvalue weighted by Gasteiger charge is -2.15. The van der Waals surface area contributed by atoms with Crippen molar-refractivity contribution >= 4 is 21.6 Å². The summed E-state index contributed by atoms with van der Waals surface area (Å²) in [5, 5.41) is 3.13. The number of rotatable bonds is 4. The third-order valence-electron chi connectivity index (χ3n) is 3.48. The molecule has 2 rings (SSSR count). The largest absolute Gasteiger partial charge is 0.469 e. The second-order valence-electron chi connectivity index (χ2n) is 5.00. The Morgan fingerprint density at radius 3 is 2.85 bits per heavy atom. The van der Waals surface area contributed by atoms with E-state index in [0.717, 1.165) is 19.1 Å². The topological polar surface area (TPSA) is 85.4 Å². The number of methoxy groups -OCH3 is 1. The van der Waals surface area contributed by atoms with Crippen molar-refractivity contribution in [3.63, 3.8) is 0 Å².